The molecule has 2 N–H and O–H groups in total. The van der Waals surface area contributed by atoms with Crippen LogP contribution in [0.4, 0.5) is 18.9 Å². The van der Waals surface area contributed by atoms with E-state index >= 15 is 0 Å². The molecular weight excluding hydrogens is 233 g/mol. The van der Waals surface area contributed by atoms with Crippen LogP contribution < -0.4 is 5.73 Å². The third-order valence-corrected chi connectivity index (χ3v) is 2.30. The molecule has 17 heavy (non-hydrogen) atoms. The quantitative estimate of drug-likeness (QED) is 0.832. The Morgan fingerprint density at radius 3 is 2.35 bits per heavy atom. The van der Waals surface area contributed by atoms with Crippen molar-refractivity contribution in [2.24, 2.45) is 7.05 Å². The van der Waals surface area contributed by atoms with Crippen LogP contribution in [0.5, 0.6) is 0 Å². The Balaban J connectivity index is 2.43. The van der Waals surface area contributed by atoms with Crippen LogP contribution in [-0.2, 0) is 13.2 Å². The van der Waals surface area contributed by atoms with Crippen molar-refractivity contribution in [3.63, 3.8) is 0 Å². The van der Waals surface area contributed by atoms with Crippen molar-refractivity contribution in [2.75, 3.05) is 5.73 Å². The highest BCUT2D eigenvalue weighted by Crippen LogP contribution is 2.30. The van der Waals surface area contributed by atoms with Gasteiger partial charge in [0.1, 0.15) is 5.69 Å². The molecule has 2 aromatic rings. The molecule has 0 radical (unpaired) electrons. The first-order valence-corrected chi connectivity index (χ1v) is 4.70. The summed E-state index contributed by atoms with van der Waals surface area (Å²) in [4.78, 5) is 3.75. The molecule has 4 nitrogen and oxygen atoms in total. The number of aryl methyl sites for hydroxylation is 1. The molecule has 2 aromatic heterocycles. The predicted octanol–water partition coefficient (Wildman–Crippen LogP) is 2.08. The first-order chi connectivity index (χ1) is 7.89. The van der Waals surface area contributed by atoms with Crippen molar-refractivity contribution in [2.45, 2.75) is 6.18 Å². The molecule has 0 fully saturated rings. The number of nitrogens with zero attached hydrogens (tertiary/aromatic N) is 3. The molecule has 0 saturated heterocycles. The van der Waals surface area contributed by atoms with Crippen molar-refractivity contribution in [1.29, 1.82) is 0 Å². The monoisotopic (exact) mass is 242 g/mol. The van der Waals surface area contributed by atoms with Crippen LogP contribution in [0.1, 0.15) is 5.56 Å². The Morgan fingerprint density at radius 2 is 1.94 bits per heavy atom. The number of rotatable bonds is 1. The second-order valence-electron chi connectivity index (χ2n) is 3.50. The molecule has 0 unspecified atom stereocenters. The van der Waals surface area contributed by atoms with E-state index in [0.29, 0.717) is 17.1 Å². The highest BCUT2D eigenvalue weighted by Gasteiger charge is 2.30. The number of hydrogen-bond acceptors (Lipinski definition) is 3. The summed E-state index contributed by atoms with van der Waals surface area (Å²) < 4.78 is 38.5. The molecule has 0 aliphatic rings. The van der Waals surface area contributed by atoms with E-state index in [0.717, 1.165) is 12.3 Å². The fourth-order valence-electron chi connectivity index (χ4n) is 1.47. The zero-order valence-electron chi connectivity index (χ0n) is 8.86. The van der Waals surface area contributed by atoms with Gasteiger partial charge in [-0.1, -0.05) is 0 Å². The third-order valence-electron chi connectivity index (χ3n) is 2.30. The van der Waals surface area contributed by atoms with Gasteiger partial charge in [0.15, 0.2) is 0 Å². The summed E-state index contributed by atoms with van der Waals surface area (Å²) in [5, 5.41) is 3.89. The van der Waals surface area contributed by atoms with Gasteiger partial charge in [-0.3, -0.25) is 9.67 Å². The summed E-state index contributed by atoms with van der Waals surface area (Å²) in [5.74, 6) is 0. The molecule has 0 aromatic carbocycles. The zero-order chi connectivity index (χ0) is 12.6. The van der Waals surface area contributed by atoms with Gasteiger partial charge in [-0.15, -0.1) is 0 Å². The molecule has 2 rings (SSSR count). The van der Waals surface area contributed by atoms with Gasteiger partial charge in [0, 0.05) is 13.2 Å². The van der Waals surface area contributed by atoms with Crippen LogP contribution in [0.15, 0.2) is 24.5 Å². The van der Waals surface area contributed by atoms with E-state index in [1.54, 1.807) is 7.05 Å². The van der Waals surface area contributed by atoms with E-state index < -0.39 is 11.7 Å². The Labute approximate surface area is 94.9 Å². The Kier molecular flexibility index (Phi) is 2.53. The topological polar surface area (TPSA) is 56.7 Å². The number of aromatic nitrogens is 3. The number of halogens is 3. The van der Waals surface area contributed by atoms with Gasteiger partial charge in [-0.2, -0.15) is 18.3 Å². The lowest BCUT2D eigenvalue weighted by Gasteiger charge is -2.07. The molecule has 90 valence electrons. The number of nitrogen functional groups attached to an aromatic ring is 1. The Morgan fingerprint density at radius 1 is 1.24 bits per heavy atom. The number of anilines is 1. The van der Waals surface area contributed by atoms with Crippen LogP contribution in [0.25, 0.3) is 11.4 Å². The van der Waals surface area contributed by atoms with Crippen molar-refractivity contribution in [3.8, 4) is 11.4 Å². The molecule has 0 spiro atoms. The molecule has 0 atom stereocenters. The van der Waals surface area contributed by atoms with Crippen molar-refractivity contribution in [1.82, 2.24) is 14.8 Å². The van der Waals surface area contributed by atoms with E-state index in [9.17, 15) is 13.2 Å². The van der Waals surface area contributed by atoms with E-state index in [4.69, 9.17) is 5.73 Å². The minimum atomic E-state index is -4.39. The zero-order valence-corrected chi connectivity index (χ0v) is 8.86. The highest BCUT2D eigenvalue weighted by molar-refractivity contribution is 5.69. The SMILES string of the molecule is Cn1ncc(N)c1-c1ccc(C(F)(F)F)cn1. The second kappa shape index (κ2) is 3.76. The maximum atomic E-state index is 12.3. The minimum Gasteiger partial charge on any atom is -0.396 e. The van der Waals surface area contributed by atoms with E-state index in [1.807, 2.05) is 0 Å². The Bertz CT molecular complexity index is 508. The molecule has 0 saturated carbocycles. The molecular formula is C10H9F3N4. The van der Waals surface area contributed by atoms with Crippen LogP contribution in [0.3, 0.4) is 0 Å². The molecule has 0 aliphatic heterocycles. The smallest absolute Gasteiger partial charge is 0.396 e. The lowest BCUT2D eigenvalue weighted by molar-refractivity contribution is -0.137. The van der Waals surface area contributed by atoms with Gasteiger partial charge < -0.3 is 5.73 Å². The first-order valence-electron chi connectivity index (χ1n) is 4.70. The van der Waals surface area contributed by atoms with Gasteiger partial charge in [0.2, 0.25) is 0 Å². The average molecular weight is 242 g/mol. The van der Waals surface area contributed by atoms with E-state index in [1.165, 1.54) is 16.9 Å². The van der Waals surface area contributed by atoms with Gasteiger partial charge in [-0.25, -0.2) is 0 Å². The predicted molar refractivity (Wildman–Crippen MR) is 55.9 cm³/mol. The van der Waals surface area contributed by atoms with Crippen molar-refractivity contribution < 1.29 is 13.2 Å². The molecule has 0 bridgehead atoms. The maximum absolute atomic E-state index is 12.3. The number of hydrogen-bond donors (Lipinski definition) is 1. The summed E-state index contributed by atoms with van der Waals surface area (Å²) in [5.41, 5.74) is 6.09. The van der Waals surface area contributed by atoms with Crippen molar-refractivity contribution in [3.05, 3.63) is 30.1 Å². The van der Waals surface area contributed by atoms with Crippen LogP contribution in [-0.4, -0.2) is 14.8 Å². The summed E-state index contributed by atoms with van der Waals surface area (Å²) in [6.07, 6.45) is -2.18. The van der Waals surface area contributed by atoms with Crippen LogP contribution in [0.2, 0.25) is 0 Å². The van der Waals surface area contributed by atoms with Gasteiger partial charge in [0.05, 0.1) is 23.1 Å². The first kappa shape index (κ1) is 11.4. The lowest BCUT2D eigenvalue weighted by atomic mass is 10.2. The van der Waals surface area contributed by atoms with Crippen LogP contribution >= 0.6 is 0 Å². The second-order valence-corrected chi connectivity index (χ2v) is 3.50. The summed E-state index contributed by atoms with van der Waals surface area (Å²) >= 11 is 0. The molecule has 7 heteroatoms. The molecule has 0 aliphatic carbocycles. The lowest BCUT2D eigenvalue weighted by Crippen LogP contribution is -2.06. The van der Waals surface area contributed by atoms with E-state index in [2.05, 4.69) is 10.1 Å². The standard InChI is InChI=1S/C10H9F3N4/c1-17-9(7(14)5-16-17)8-3-2-6(4-15-8)10(11,12)13/h2-5H,14H2,1H3. The van der Waals surface area contributed by atoms with Gasteiger partial charge in [0.25, 0.3) is 0 Å². The fraction of sp³-hybridized carbons (Fsp3) is 0.200. The number of nitrogens with two attached hydrogens (primary N) is 1. The van der Waals surface area contributed by atoms with Crippen LogP contribution in [0, 0.1) is 0 Å². The summed E-state index contributed by atoms with van der Waals surface area (Å²) in [7, 11) is 1.64. The molecule has 2 heterocycles. The number of alkyl halides is 3. The highest BCUT2D eigenvalue weighted by atomic mass is 19.4. The minimum absolute atomic E-state index is 0.357. The normalized spacial score (nSPS) is 11.8. The summed E-state index contributed by atoms with van der Waals surface area (Å²) in [6.45, 7) is 0. The maximum Gasteiger partial charge on any atom is 0.417 e. The van der Waals surface area contributed by atoms with Gasteiger partial charge >= 0.3 is 6.18 Å². The fourth-order valence-corrected chi connectivity index (χ4v) is 1.47. The number of pyridine rings is 1. The van der Waals surface area contributed by atoms with Gasteiger partial charge in [-0.05, 0) is 12.1 Å². The van der Waals surface area contributed by atoms with E-state index in [-0.39, 0.29) is 0 Å². The Hall–Kier alpha value is -2.05. The largest absolute Gasteiger partial charge is 0.417 e. The van der Waals surface area contributed by atoms with Crippen molar-refractivity contribution >= 4 is 5.69 Å². The third kappa shape index (κ3) is 2.08. The summed E-state index contributed by atoms with van der Waals surface area (Å²) in [6, 6.07) is 2.24. The average Bonchev–Trinajstić information content (AvgIpc) is 2.58. The molecule has 0 amide bonds.